The highest BCUT2D eigenvalue weighted by atomic mass is 16.2. The maximum atomic E-state index is 11.0. The number of allylic oxidation sites excluding steroid dienone is 1. The van der Waals surface area contributed by atoms with Crippen molar-refractivity contribution in [3.05, 3.63) is 12.7 Å². The number of rotatable bonds is 5. The standard InChI is InChI=1S/C9H14N2O2/c1-2-8(12)4-3-6-11-7-5-10-9(11)13/h2H,1,3-7H2,(H,10,13). The Morgan fingerprint density at radius 2 is 2.46 bits per heavy atom. The molecule has 4 heteroatoms. The van der Waals surface area contributed by atoms with Crippen molar-refractivity contribution >= 4 is 11.8 Å². The van der Waals surface area contributed by atoms with E-state index >= 15 is 0 Å². The predicted octanol–water partition coefficient (Wildman–Crippen LogP) is 0.547. The molecule has 1 rings (SSSR count). The molecule has 1 N–H and O–H groups in total. The van der Waals surface area contributed by atoms with Crippen molar-refractivity contribution in [1.29, 1.82) is 0 Å². The molecule has 0 aromatic carbocycles. The first-order chi connectivity index (χ1) is 6.24. The van der Waals surface area contributed by atoms with Crippen LogP contribution in [0.25, 0.3) is 0 Å². The average Bonchev–Trinajstić information content (AvgIpc) is 2.52. The smallest absolute Gasteiger partial charge is 0.317 e. The molecule has 0 unspecified atom stereocenters. The van der Waals surface area contributed by atoms with Crippen molar-refractivity contribution in [3.63, 3.8) is 0 Å². The quantitative estimate of drug-likeness (QED) is 0.631. The van der Waals surface area contributed by atoms with Gasteiger partial charge in [-0.15, -0.1) is 0 Å². The third kappa shape index (κ3) is 2.89. The minimum absolute atomic E-state index is 0.0222. The van der Waals surface area contributed by atoms with Crippen LogP contribution in [-0.4, -0.2) is 36.3 Å². The van der Waals surface area contributed by atoms with E-state index in [0.29, 0.717) is 19.5 Å². The zero-order valence-electron chi connectivity index (χ0n) is 7.58. The van der Waals surface area contributed by atoms with E-state index in [0.717, 1.165) is 13.0 Å². The van der Waals surface area contributed by atoms with E-state index in [4.69, 9.17) is 0 Å². The lowest BCUT2D eigenvalue weighted by molar-refractivity contribution is -0.114. The molecule has 0 radical (unpaired) electrons. The molecular weight excluding hydrogens is 168 g/mol. The summed E-state index contributed by atoms with van der Waals surface area (Å²) in [5.74, 6) is 0.0413. The minimum Gasteiger partial charge on any atom is -0.336 e. The summed E-state index contributed by atoms with van der Waals surface area (Å²) < 4.78 is 0. The first kappa shape index (κ1) is 9.77. The van der Waals surface area contributed by atoms with Crippen LogP contribution in [-0.2, 0) is 4.79 Å². The van der Waals surface area contributed by atoms with Crippen LogP contribution in [0, 0.1) is 0 Å². The van der Waals surface area contributed by atoms with Crippen LogP contribution >= 0.6 is 0 Å². The number of nitrogens with one attached hydrogen (secondary N) is 1. The zero-order valence-corrected chi connectivity index (χ0v) is 7.58. The first-order valence-electron chi connectivity index (χ1n) is 4.42. The third-order valence-electron chi connectivity index (χ3n) is 2.02. The van der Waals surface area contributed by atoms with Gasteiger partial charge in [-0.1, -0.05) is 6.58 Å². The number of nitrogens with zero attached hydrogens (tertiary/aromatic N) is 1. The first-order valence-corrected chi connectivity index (χ1v) is 4.42. The lowest BCUT2D eigenvalue weighted by Crippen LogP contribution is -2.29. The van der Waals surface area contributed by atoms with Crippen molar-refractivity contribution in [1.82, 2.24) is 10.2 Å². The predicted molar refractivity (Wildman–Crippen MR) is 49.4 cm³/mol. The SMILES string of the molecule is C=CC(=O)CCCN1CCNC1=O. The summed E-state index contributed by atoms with van der Waals surface area (Å²) in [5, 5.41) is 2.70. The van der Waals surface area contributed by atoms with Crippen molar-refractivity contribution in [3.8, 4) is 0 Å². The fourth-order valence-corrected chi connectivity index (χ4v) is 1.27. The normalized spacial score (nSPS) is 15.7. The summed E-state index contributed by atoms with van der Waals surface area (Å²) >= 11 is 0. The zero-order chi connectivity index (χ0) is 9.68. The second-order valence-electron chi connectivity index (χ2n) is 2.99. The molecule has 0 spiro atoms. The lowest BCUT2D eigenvalue weighted by Gasteiger charge is -2.12. The van der Waals surface area contributed by atoms with E-state index in [-0.39, 0.29) is 11.8 Å². The number of carbonyl (C=O) groups is 2. The average molecular weight is 182 g/mol. The van der Waals surface area contributed by atoms with Gasteiger partial charge in [0, 0.05) is 26.1 Å². The van der Waals surface area contributed by atoms with Gasteiger partial charge in [0.15, 0.2) is 5.78 Å². The van der Waals surface area contributed by atoms with Gasteiger partial charge in [-0.3, -0.25) is 4.79 Å². The molecule has 1 fully saturated rings. The summed E-state index contributed by atoms with van der Waals surface area (Å²) in [5.41, 5.74) is 0. The molecule has 0 bridgehead atoms. The summed E-state index contributed by atoms with van der Waals surface area (Å²) in [6.45, 7) is 5.51. The summed E-state index contributed by atoms with van der Waals surface area (Å²) in [7, 11) is 0. The number of hydrogen-bond donors (Lipinski definition) is 1. The second-order valence-corrected chi connectivity index (χ2v) is 2.99. The fraction of sp³-hybridized carbons (Fsp3) is 0.556. The number of amides is 2. The van der Waals surface area contributed by atoms with Gasteiger partial charge in [0.2, 0.25) is 0 Å². The van der Waals surface area contributed by atoms with Gasteiger partial charge in [0.25, 0.3) is 0 Å². The summed E-state index contributed by atoms with van der Waals surface area (Å²) in [4.78, 5) is 23.6. The Kier molecular flexibility index (Phi) is 3.49. The van der Waals surface area contributed by atoms with E-state index in [1.165, 1.54) is 6.08 Å². The van der Waals surface area contributed by atoms with Crippen molar-refractivity contribution < 1.29 is 9.59 Å². The van der Waals surface area contributed by atoms with Gasteiger partial charge >= 0.3 is 6.03 Å². The van der Waals surface area contributed by atoms with Crippen LogP contribution in [0.5, 0.6) is 0 Å². The number of urea groups is 1. The monoisotopic (exact) mass is 182 g/mol. The Labute approximate surface area is 77.6 Å². The molecule has 1 saturated heterocycles. The lowest BCUT2D eigenvalue weighted by atomic mass is 10.2. The Morgan fingerprint density at radius 3 is 3.00 bits per heavy atom. The molecule has 0 atom stereocenters. The molecule has 1 heterocycles. The molecule has 13 heavy (non-hydrogen) atoms. The molecule has 1 aliphatic heterocycles. The molecule has 0 aliphatic carbocycles. The topological polar surface area (TPSA) is 49.4 Å². The van der Waals surface area contributed by atoms with Gasteiger partial charge in [-0.25, -0.2) is 4.79 Å². The Balaban J connectivity index is 2.15. The van der Waals surface area contributed by atoms with E-state index < -0.39 is 0 Å². The van der Waals surface area contributed by atoms with Crippen LogP contribution in [0.2, 0.25) is 0 Å². The third-order valence-corrected chi connectivity index (χ3v) is 2.02. The summed E-state index contributed by atoms with van der Waals surface area (Å²) in [6, 6.07) is -0.0222. The maximum Gasteiger partial charge on any atom is 0.317 e. The van der Waals surface area contributed by atoms with Crippen LogP contribution in [0.15, 0.2) is 12.7 Å². The highest BCUT2D eigenvalue weighted by Gasteiger charge is 2.18. The van der Waals surface area contributed by atoms with Gasteiger partial charge in [0.1, 0.15) is 0 Å². The molecule has 2 amide bonds. The number of carbonyl (C=O) groups excluding carboxylic acids is 2. The van der Waals surface area contributed by atoms with Crippen molar-refractivity contribution in [2.75, 3.05) is 19.6 Å². The Hall–Kier alpha value is -1.32. The van der Waals surface area contributed by atoms with Crippen LogP contribution < -0.4 is 5.32 Å². The molecule has 0 aromatic heterocycles. The van der Waals surface area contributed by atoms with Crippen LogP contribution in [0.4, 0.5) is 4.79 Å². The highest BCUT2D eigenvalue weighted by Crippen LogP contribution is 2.00. The molecule has 72 valence electrons. The number of ketones is 1. The van der Waals surface area contributed by atoms with E-state index in [1.54, 1.807) is 4.90 Å². The summed E-state index contributed by atoms with van der Waals surface area (Å²) in [6.07, 6.45) is 2.52. The number of hydrogen-bond acceptors (Lipinski definition) is 2. The van der Waals surface area contributed by atoms with Gasteiger partial charge in [0.05, 0.1) is 0 Å². The van der Waals surface area contributed by atoms with Crippen LogP contribution in [0.3, 0.4) is 0 Å². The largest absolute Gasteiger partial charge is 0.336 e. The molecule has 4 nitrogen and oxygen atoms in total. The highest BCUT2D eigenvalue weighted by molar-refractivity contribution is 5.89. The van der Waals surface area contributed by atoms with Gasteiger partial charge < -0.3 is 10.2 Å². The van der Waals surface area contributed by atoms with E-state index in [1.807, 2.05) is 0 Å². The van der Waals surface area contributed by atoms with Crippen molar-refractivity contribution in [2.24, 2.45) is 0 Å². The maximum absolute atomic E-state index is 11.0. The Bertz CT molecular complexity index is 226. The van der Waals surface area contributed by atoms with Gasteiger partial charge in [-0.05, 0) is 12.5 Å². The minimum atomic E-state index is -0.0222. The molecule has 0 aromatic rings. The van der Waals surface area contributed by atoms with Gasteiger partial charge in [-0.2, -0.15) is 0 Å². The van der Waals surface area contributed by atoms with E-state index in [2.05, 4.69) is 11.9 Å². The fourth-order valence-electron chi connectivity index (χ4n) is 1.27. The van der Waals surface area contributed by atoms with E-state index in [9.17, 15) is 9.59 Å². The second kappa shape index (κ2) is 4.64. The Morgan fingerprint density at radius 1 is 1.69 bits per heavy atom. The van der Waals surface area contributed by atoms with Crippen LogP contribution in [0.1, 0.15) is 12.8 Å². The molecular formula is C9H14N2O2. The molecule has 0 saturated carbocycles. The molecule has 1 aliphatic rings. The van der Waals surface area contributed by atoms with Crippen molar-refractivity contribution in [2.45, 2.75) is 12.8 Å².